The lowest BCUT2D eigenvalue weighted by Gasteiger charge is -2.40. The first-order chi connectivity index (χ1) is 14.0. The maximum absolute atomic E-state index is 13.4. The van der Waals surface area contributed by atoms with Gasteiger partial charge in [0.25, 0.3) is 0 Å². The normalized spacial score (nSPS) is 15.6. The molecule has 0 spiro atoms. The minimum absolute atomic E-state index is 0.0337. The van der Waals surface area contributed by atoms with Gasteiger partial charge in [0.2, 0.25) is 0 Å². The zero-order valence-corrected chi connectivity index (χ0v) is 18.9. The van der Waals surface area contributed by atoms with Crippen molar-refractivity contribution in [3.8, 4) is 0 Å². The Bertz CT molecular complexity index is 1130. The molecule has 1 nitrogen and oxygen atoms in total. The summed E-state index contributed by atoms with van der Waals surface area (Å²) < 4.78 is 105. The van der Waals surface area contributed by atoms with Crippen LogP contribution < -0.4 is 5.32 Å². The highest BCUT2D eigenvalue weighted by Gasteiger charge is 2.65. The van der Waals surface area contributed by atoms with Crippen molar-refractivity contribution >= 4 is 36.9 Å². The van der Waals surface area contributed by atoms with E-state index in [1.165, 1.54) is 18.2 Å². The van der Waals surface area contributed by atoms with Gasteiger partial charge < -0.3 is 5.32 Å². The predicted octanol–water partition coefficient (Wildman–Crippen LogP) is 9.04. The van der Waals surface area contributed by atoms with Crippen LogP contribution in [0.15, 0.2) is 70.6 Å². The molecule has 0 heterocycles. The molecule has 0 amide bonds. The van der Waals surface area contributed by atoms with Crippen molar-refractivity contribution in [1.82, 2.24) is 0 Å². The lowest BCUT2D eigenvalue weighted by atomic mass is 9.92. The topological polar surface area (TPSA) is 12.0 Å². The number of rotatable bonds is 7. The Kier molecular flexibility index (Phi) is 5.86. The van der Waals surface area contributed by atoms with Gasteiger partial charge in [-0.05, 0) is 42.2 Å². The molecule has 11 heteroatoms. The van der Waals surface area contributed by atoms with E-state index in [1.54, 1.807) is 13.8 Å². The van der Waals surface area contributed by atoms with E-state index in [2.05, 4.69) is 23.6 Å². The summed E-state index contributed by atoms with van der Waals surface area (Å²) in [7, 11) is -12.3. The SMILES string of the molecule is C=C(Nc1ccc(S(F)(F)(F)(F)F)cc1)C(C)(C)CS(=C)(=C)c1ccccc1C(F)(F)F. The molecule has 180 valence electrons. The third-order valence-corrected chi connectivity index (χ3v) is 8.43. The van der Waals surface area contributed by atoms with E-state index in [9.17, 15) is 32.6 Å². The summed E-state index contributed by atoms with van der Waals surface area (Å²) in [6.07, 6.45) is -4.59. The maximum Gasteiger partial charge on any atom is 0.417 e. The molecule has 0 unspecified atom stereocenters. The van der Waals surface area contributed by atoms with Crippen molar-refractivity contribution in [2.75, 3.05) is 11.1 Å². The second-order valence-electron chi connectivity index (χ2n) is 8.16. The van der Waals surface area contributed by atoms with Crippen LogP contribution in [-0.2, 0) is 6.18 Å². The average Bonchev–Trinajstić information content (AvgIpc) is 2.58. The Morgan fingerprint density at radius 3 is 1.88 bits per heavy atom. The second kappa shape index (κ2) is 7.18. The molecule has 0 aliphatic carbocycles. The summed E-state index contributed by atoms with van der Waals surface area (Å²) in [5, 5.41) is 2.75. The first-order valence-corrected chi connectivity index (χ1v) is 13.1. The molecule has 0 aliphatic rings. The van der Waals surface area contributed by atoms with Crippen LogP contribution >= 0.6 is 19.4 Å². The number of anilines is 1. The molecule has 0 fully saturated rings. The Morgan fingerprint density at radius 2 is 1.41 bits per heavy atom. The zero-order valence-electron chi connectivity index (χ0n) is 17.3. The molecule has 0 aliphatic heterocycles. The number of hydrogen-bond donors (Lipinski definition) is 1. The highest BCUT2D eigenvalue weighted by molar-refractivity contribution is 8.45. The molecule has 2 rings (SSSR count). The second-order valence-corrected chi connectivity index (χ2v) is 13.4. The van der Waals surface area contributed by atoms with Gasteiger partial charge in [0.15, 0.2) is 0 Å². The van der Waals surface area contributed by atoms with Crippen LogP contribution in [0, 0.1) is 5.41 Å². The largest absolute Gasteiger partial charge is 0.417 e. The first kappa shape index (κ1) is 26.1. The van der Waals surface area contributed by atoms with Crippen LogP contribution in [0.3, 0.4) is 0 Å². The highest BCUT2D eigenvalue weighted by Crippen LogP contribution is 3.02. The molecule has 0 bridgehead atoms. The highest BCUT2D eigenvalue weighted by atomic mass is 32.5. The maximum atomic E-state index is 13.4. The van der Waals surface area contributed by atoms with E-state index >= 15 is 0 Å². The summed E-state index contributed by atoms with van der Waals surface area (Å²) in [4.78, 5) is -2.06. The van der Waals surface area contributed by atoms with Crippen molar-refractivity contribution in [2.24, 2.45) is 5.41 Å². The number of benzene rings is 2. The van der Waals surface area contributed by atoms with Crippen LogP contribution in [0.2, 0.25) is 0 Å². The van der Waals surface area contributed by atoms with Crippen LogP contribution in [0.4, 0.5) is 38.3 Å². The number of allylic oxidation sites excluding steroid dienone is 1. The summed E-state index contributed by atoms with van der Waals surface area (Å²) >= 11 is 0. The fraction of sp³-hybridized carbons (Fsp3) is 0.238. The molecule has 0 atom stereocenters. The zero-order chi connectivity index (χ0) is 24.9. The Labute approximate surface area is 182 Å². The minimum atomic E-state index is -9.79. The average molecular weight is 506 g/mol. The first-order valence-electron chi connectivity index (χ1n) is 8.97. The molecule has 0 saturated carbocycles. The van der Waals surface area contributed by atoms with Crippen molar-refractivity contribution < 1.29 is 32.6 Å². The lowest BCUT2D eigenvalue weighted by molar-refractivity contribution is -0.139. The standard InChI is InChI=1S/C21H23F8NS2/c1-15(30-16-10-12-17(13-11-16)32(25,26,27,28)29)20(2,3)14-31(4,5)19-9-7-6-8-18(19)21(22,23)24/h6-13,30H,1,4-5,14H2,2-3H3. The molecule has 0 radical (unpaired) electrons. The van der Waals surface area contributed by atoms with E-state index in [4.69, 9.17) is 0 Å². The fourth-order valence-electron chi connectivity index (χ4n) is 3.07. The molecular formula is C21H23F8NS2. The van der Waals surface area contributed by atoms with Gasteiger partial charge in [0.05, 0.1) is 5.56 Å². The fourth-order valence-corrected chi connectivity index (χ4v) is 6.45. The van der Waals surface area contributed by atoms with Crippen molar-refractivity contribution in [2.45, 2.75) is 29.8 Å². The van der Waals surface area contributed by atoms with Crippen LogP contribution in [0.5, 0.6) is 0 Å². The van der Waals surface area contributed by atoms with E-state index < -0.39 is 41.5 Å². The van der Waals surface area contributed by atoms with Gasteiger partial charge in [-0.25, -0.2) is 0 Å². The Balaban J connectivity index is 2.27. The monoisotopic (exact) mass is 505 g/mol. The summed E-state index contributed by atoms with van der Waals surface area (Å²) in [6.45, 7) is 7.16. The summed E-state index contributed by atoms with van der Waals surface area (Å²) in [5.74, 6) is 7.96. The molecule has 1 N–H and O–H groups in total. The predicted molar refractivity (Wildman–Crippen MR) is 121 cm³/mol. The number of alkyl halides is 3. The van der Waals surface area contributed by atoms with Gasteiger partial charge in [-0.15, -0.1) is 0 Å². The van der Waals surface area contributed by atoms with Crippen LogP contribution in [0.1, 0.15) is 19.4 Å². The molecule has 2 aromatic carbocycles. The van der Waals surface area contributed by atoms with E-state index in [1.807, 2.05) is 0 Å². The third kappa shape index (κ3) is 6.22. The molecular weight excluding hydrogens is 482 g/mol. The minimum Gasteiger partial charge on any atom is -0.359 e. The molecule has 2 aromatic rings. The quantitative estimate of drug-likeness (QED) is 0.292. The van der Waals surface area contributed by atoms with Gasteiger partial charge in [-0.3, -0.25) is 0 Å². The van der Waals surface area contributed by atoms with Crippen LogP contribution in [0.25, 0.3) is 0 Å². The number of hydrogen-bond acceptors (Lipinski definition) is 1. The molecule has 0 saturated heterocycles. The van der Waals surface area contributed by atoms with E-state index in [0.29, 0.717) is 0 Å². The van der Waals surface area contributed by atoms with Crippen molar-refractivity contribution in [3.05, 3.63) is 66.4 Å². The van der Waals surface area contributed by atoms with E-state index in [0.717, 1.165) is 18.2 Å². The van der Waals surface area contributed by atoms with Gasteiger partial charge in [0, 0.05) is 21.7 Å². The van der Waals surface area contributed by atoms with Gasteiger partial charge >= 0.3 is 16.4 Å². The van der Waals surface area contributed by atoms with Gasteiger partial charge in [0.1, 0.15) is 4.90 Å². The van der Waals surface area contributed by atoms with Crippen molar-refractivity contribution in [3.63, 3.8) is 0 Å². The van der Waals surface area contributed by atoms with E-state index in [-0.39, 0.29) is 34.2 Å². The Morgan fingerprint density at radius 1 is 0.906 bits per heavy atom. The van der Waals surface area contributed by atoms with Gasteiger partial charge in [-0.1, -0.05) is 63.7 Å². The third-order valence-electron chi connectivity index (χ3n) is 4.71. The van der Waals surface area contributed by atoms with Crippen molar-refractivity contribution in [1.29, 1.82) is 0 Å². The Hall–Kier alpha value is -2.14. The van der Waals surface area contributed by atoms with Crippen LogP contribution in [-0.4, -0.2) is 17.5 Å². The van der Waals surface area contributed by atoms with Gasteiger partial charge in [-0.2, -0.15) is 22.4 Å². The number of halogens is 8. The number of nitrogens with one attached hydrogen (secondary N) is 1. The lowest BCUT2D eigenvalue weighted by Crippen LogP contribution is -2.24. The smallest absolute Gasteiger partial charge is 0.359 e. The molecule has 0 aromatic heterocycles. The summed E-state index contributed by atoms with van der Waals surface area (Å²) in [5.41, 5.74) is -1.40. The summed E-state index contributed by atoms with van der Waals surface area (Å²) in [6, 6.07) is 7.21. The molecule has 32 heavy (non-hydrogen) atoms.